The predicted octanol–water partition coefficient (Wildman–Crippen LogP) is 9.07. The molecule has 5 amide bonds. The number of nitrogens with two attached hydrogens (primary N) is 1. The van der Waals surface area contributed by atoms with E-state index in [1.165, 1.54) is 38.2 Å². The molecule has 2 saturated heterocycles. The topological polar surface area (TPSA) is 281 Å². The Morgan fingerprint density at radius 1 is 0.578 bits per heavy atom. The van der Waals surface area contributed by atoms with E-state index in [-0.39, 0.29) is 68.3 Å². The van der Waals surface area contributed by atoms with Gasteiger partial charge in [0.2, 0.25) is 29.5 Å². The van der Waals surface area contributed by atoms with Crippen LogP contribution in [0.2, 0.25) is 0 Å². The minimum atomic E-state index is -0.761. The molecule has 0 radical (unpaired) electrons. The first-order chi connectivity index (χ1) is 48.9. The number of carbonyl (C=O) groups excluding carboxylic acids is 5. The molecule has 0 spiro atoms. The van der Waals surface area contributed by atoms with Crippen LogP contribution in [0.1, 0.15) is 90.5 Å². The van der Waals surface area contributed by atoms with Crippen LogP contribution in [-0.4, -0.2) is 218 Å². The number of nitrogens with one attached hydrogen (secondary N) is 4. The Labute approximate surface area is 596 Å². The van der Waals surface area contributed by atoms with Gasteiger partial charge in [0.25, 0.3) is 0 Å². The lowest BCUT2D eigenvalue weighted by Gasteiger charge is -2.34. The number of aromatic nitrogens is 9. The van der Waals surface area contributed by atoms with E-state index < -0.39 is 30.8 Å². The van der Waals surface area contributed by atoms with Gasteiger partial charge in [0, 0.05) is 131 Å². The summed E-state index contributed by atoms with van der Waals surface area (Å²) in [6.07, 6.45) is 6.43. The summed E-state index contributed by atoms with van der Waals surface area (Å²) in [7, 11) is 4.32. The van der Waals surface area contributed by atoms with Crippen molar-refractivity contribution in [3.63, 3.8) is 0 Å². The number of ether oxygens (including phenoxy) is 2. The van der Waals surface area contributed by atoms with Crippen LogP contribution in [0.3, 0.4) is 0 Å². The lowest BCUT2D eigenvalue weighted by atomic mass is 9.78. The molecule has 11 rings (SSSR count). The monoisotopic (exact) mass is 1390 g/mol. The average Bonchev–Trinajstić information content (AvgIpc) is 1.09. The van der Waals surface area contributed by atoms with Crippen LogP contribution in [0.5, 0.6) is 11.5 Å². The molecular weight excluding hydrogens is 1290 g/mol. The quantitative estimate of drug-likeness (QED) is 0.0200. The number of H-pyrrole nitrogens is 3. The lowest BCUT2D eigenvalue weighted by Crippen LogP contribution is -2.48. The van der Waals surface area contributed by atoms with Gasteiger partial charge in [0.05, 0.1) is 65.6 Å². The molecule has 0 unspecified atom stereocenters. The maximum Gasteiger partial charge on any atom is 0.243 e. The summed E-state index contributed by atoms with van der Waals surface area (Å²) in [6, 6.07) is 30.9. The Balaban J connectivity index is 0.614. The van der Waals surface area contributed by atoms with Crippen molar-refractivity contribution in [2.24, 2.45) is 5.73 Å². The van der Waals surface area contributed by atoms with E-state index in [0.29, 0.717) is 56.2 Å². The van der Waals surface area contributed by atoms with Crippen molar-refractivity contribution in [2.75, 3.05) is 129 Å². The highest BCUT2D eigenvalue weighted by Gasteiger charge is 2.31. The molecule has 0 saturated carbocycles. The number of carbonyl (C=O) groups is 5. The number of aromatic amines is 3. The Morgan fingerprint density at radius 3 is 1.65 bits per heavy atom. The number of benzene rings is 5. The van der Waals surface area contributed by atoms with E-state index in [9.17, 15) is 24.0 Å². The van der Waals surface area contributed by atoms with Gasteiger partial charge < -0.3 is 69.8 Å². The number of amides is 5. The van der Waals surface area contributed by atoms with Gasteiger partial charge in [0.15, 0.2) is 0 Å². The molecule has 0 bridgehead atoms. The van der Waals surface area contributed by atoms with Crippen molar-refractivity contribution >= 4 is 74.0 Å². The molecular formula is C77H98N18O7. The first kappa shape index (κ1) is 72.8. The number of primary amides is 1. The molecule has 2 fully saturated rings. The first-order valence-corrected chi connectivity index (χ1v) is 35.4. The number of likely N-dealkylation sites (N-methyl/N-ethyl adjacent to an activating group) is 2. The average molecular weight is 1390 g/mol. The number of imidazole rings is 3. The molecule has 6 heterocycles. The second-order valence-corrected chi connectivity index (χ2v) is 28.8. The summed E-state index contributed by atoms with van der Waals surface area (Å²) in [5, 5.41) is 11.5. The standard InChI is InChI=1S/C77H98N18O7/c1-11-28-92(69(98)20-15-39-101-58-18-13-17-52(41-58)73-80-61-24-21-53(44-64(61)83-73)74-81-62-25-22-56(45-65(62)84-74)90-35-31-88(9)32-36-90)50-70(99)93(29-12-2)51-71(100)94(49-67(78)96)47-55-48-95(87-86-55)30-16-27-79-68(97)19-14-40-102-72-59(76(3,4)5)42-54(43-60(72)77(6,7)8)75-82-63-26-23-57(46-66(63)85-75)91-37-33-89(10)34-38-91/h11-13,17-18,21-26,41-46,48H,1-2,14-16,19-20,27-40,47,49-51H2,3-10H3,(H2,78,96)(H,79,97)(H,80,83)(H,81,84)(H,82,85). The van der Waals surface area contributed by atoms with Gasteiger partial charge in [-0.2, -0.15) is 0 Å². The summed E-state index contributed by atoms with van der Waals surface area (Å²) in [5.74, 6) is 1.45. The molecule has 25 nitrogen and oxygen atoms in total. The number of rotatable bonds is 31. The number of aryl methyl sites for hydroxylation is 1. The number of hydrogen-bond donors (Lipinski definition) is 5. The van der Waals surface area contributed by atoms with Crippen molar-refractivity contribution in [1.29, 1.82) is 0 Å². The van der Waals surface area contributed by atoms with Crippen LogP contribution in [0.25, 0.3) is 67.3 Å². The second kappa shape index (κ2) is 32.5. The first-order valence-electron chi connectivity index (χ1n) is 35.4. The maximum absolute atomic E-state index is 13.9. The number of nitrogens with zero attached hydrogens (tertiary/aromatic N) is 13. The molecule has 25 heteroatoms. The van der Waals surface area contributed by atoms with Crippen molar-refractivity contribution in [2.45, 2.75) is 97.6 Å². The highest BCUT2D eigenvalue weighted by Crippen LogP contribution is 2.43. The van der Waals surface area contributed by atoms with Crippen LogP contribution in [0.15, 0.2) is 123 Å². The Kier molecular flexibility index (Phi) is 23.2. The lowest BCUT2D eigenvalue weighted by molar-refractivity contribution is -0.144. The van der Waals surface area contributed by atoms with E-state index in [4.69, 9.17) is 30.2 Å². The summed E-state index contributed by atoms with van der Waals surface area (Å²) in [4.78, 5) is 106. The molecule has 538 valence electrons. The van der Waals surface area contributed by atoms with Crippen LogP contribution >= 0.6 is 0 Å². The number of anilines is 2. The summed E-state index contributed by atoms with van der Waals surface area (Å²) < 4.78 is 14.4. The zero-order valence-electron chi connectivity index (χ0n) is 60.3. The van der Waals surface area contributed by atoms with Gasteiger partial charge in [0.1, 0.15) is 47.8 Å². The molecule has 9 aromatic rings. The zero-order chi connectivity index (χ0) is 72.2. The van der Waals surface area contributed by atoms with Gasteiger partial charge in [-0.25, -0.2) is 15.0 Å². The van der Waals surface area contributed by atoms with Crippen LogP contribution in [0, 0.1) is 0 Å². The fourth-order valence-corrected chi connectivity index (χ4v) is 12.9. The predicted molar refractivity (Wildman–Crippen MR) is 400 cm³/mol. The third-order valence-corrected chi connectivity index (χ3v) is 18.7. The second-order valence-electron chi connectivity index (χ2n) is 28.8. The zero-order valence-corrected chi connectivity index (χ0v) is 60.3. The summed E-state index contributed by atoms with van der Waals surface area (Å²) in [5.41, 5.74) is 18.2. The Hall–Kier alpha value is -10.4. The van der Waals surface area contributed by atoms with Gasteiger partial charge in [-0.05, 0) is 123 Å². The molecule has 0 aliphatic carbocycles. The summed E-state index contributed by atoms with van der Waals surface area (Å²) in [6.45, 7) is 28.9. The van der Waals surface area contributed by atoms with Crippen molar-refractivity contribution in [3.8, 4) is 45.7 Å². The smallest absolute Gasteiger partial charge is 0.243 e. The maximum atomic E-state index is 13.9. The van der Waals surface area contributed by atoms with Crippen molar-refractivity contribution in [1.82, 2.24) is 74.7 Å². The molecule has 4 aromatic heterocycles. The Bertz CT molecular complexity index is 4430. The van der Waals surface area contributed by atoms with Crippen LogP contribution in [-0.2, 0) is 47.9 Å². The minimum absolute atomic E-state index is 0.00978. The van der Waals surface area contributed by atoms with Gasteiger partial charge in [-0.1, -0.05) is 71.0 Å². The summed E-state index contributed by atoms with van der Waals surface area (Å²) >= 11 is 0. The number of hydrogen-bond acceptors (Lipinski definition) is 16. The van der Waals surface area contributed by atoms with E-state index in [1.54, 1.807) is 10.9 Å². The molecule has 5 aromatic carbocycles. The molecule has 6 N–H and O–H groups in total. The Morgan fingerprint density at radius 2 is 1.09 bits per heavy atom. The number of piperazine rings is 2. The fraction of sp³-hybridized carbons (Fsp3) is 0.429. The van der Waals surface area contributed by atoms with E-state index >= 15 is 0 Å². The van der Waals surface area contributed by atoms with E-state index in [1.807, 2.05) is 42.5 Å². The fourth-order valence-electron chi connectivity index (χ4n) is 12.9. The van der Waals surface area contributed by atoms with Crippen molar-refractivity contribution < 1.29 is 33.4 Å². The molecule has 102 heavy (non-hydrogen) atoms. The third-order valence-electron chi connectivity index (χ3n) is 18.7. The minimum Gasteiger partial charge on any atom is -0.494 e. The van der Waals surface area contributed by atoms with E-state index in [0.717, 1.165) is 131 Å². The molecule has 2 aliphatic rings. The molecule has 0 atom stereocenters. The largest absolute Gasteiger partial charge is 0.494 e. The third kappa shape index (κ3) is 18.6. The van der Waals surface area contributed by atoms with Gasteiger partial charge >= 0.3 is 0 Å². The SMILES string of the molecule is C=CCN(CC(=O)N(CC=C)CC(=O)N(CC(N)=O)Cc1cn(CCCNC(=O)CCCOc2c(C(C)(C)C)cc(-c3nc4ccc(N5CCN(C)CC5)cc4[nH]3)cc2C(C)(C)C)nn1)C(=O)CCCOc1cccc(-c2nc3ccc(-c4nc5ccc(N6CCN(C)CC6)cc5[nH]4)cc3[nH]2)c1. The van der Waals surface area contributed by atoms with E-state index in [2.05, 4.69) is 168 Å². The van der Waals surface area contributed by atoms with Gasteiger partial charge in [-0.15, -0.1) is 18.3 Å². The highest BCUT2D eigenvalue weighted by molar-refractivity contribution is 5.91. The van der Waals surface area contributed by atoms with Gasteiger partial charge in [-0.3, -0.25) is 28.7 Å². The molecule has 2 aliphatic heterocycles. The highest BCUT2D eigenvalue weighted by atomic mass is 16.5. The number of fused-ring (bicyclic) bond motifs is 3. The van der Waals surface area contributed by atoms with Crippen molar-refractivity contribution in [3.05, 3.63) is 139 Å². The van der Waals surface area contributed by atoms with Crippen LogP contribution < -0.4 is 30.3 Å². The van der Waals surface area contributed by atoms with Crippen LogP contribution in [0.4, 0.5) is 11.4 Å². The normalized spacial score (nSPS) is 14.0.